The van der Waals surface area contributed by atoms with Crippen LogP contribution in [0.4, 0.5) is 0 Å². The predicted octanol–water partition coefficient (Wildman–Crippen LogP) is 11.8. The van der Waals surface area contributed by atoms with E-state index in [0.717, 1.165) is 27.8 Å². The molecule has 4 heterocycles. The molecule has 11 aromatic rings. The lowest BCUT2D eigenvalue weighted by molar-refractivity contribution is 0.954. The van der Waals surface area contributed by atoms with E-state index in [4.69, 9.17) is 15.0 Å². The molecule has 0 bridgehead atoms. The van der Waals surface area contributed by atoms with Crippen LogP contribution in [-0.2, 0) is 0 Å². The summed E-state index contributed by atoms with van der Waals surface area (Å²) < 4.78 is 7.08. The average molecular weight is 670 g/mol. The van der Waals surface area contributed by atoms with Crippen LogP contribution < -0.4 is 0 Å². The molecule has 7 aromatic carbocycles. The average Bonchev–Trinajstić information content (AvgIpc) is 3.84. The molecule has 0 fully saturated rings. The van der Waals surface area contributed by atoms with E-state index in [1.807, 2.05) is 72.0 Å². The maximum absolute atomic E-state index is 5.13. The Hall–Kier alpha value is -6.63. The minimum absolute atomic E-state index is 0.600. The van der Waals surface area contributed by atoms with Crippen molar-refractivity contribution in [1.82, 2.24) is 24.1 Å². The minimum Gasteiger partial charge on any atom is -0.309 e. The van der Waals surface area contributed by atoms with Gasteiger partial charge in [0.05, 0.1) is 22.1 Å². The third kappa shape index (κ3) is 4.30. The zero-order valence-electron chi connectivity index (χ0n) is 27.2. The highest BCUT2D eigenvalue weighted by Crippen LogP contribution is 2.42. The summed E-state index contributed by atoms with van der Waals surface area (Å²) in [5.41, 5.74) is 7.63. The number of para-hydroxylation sites is 3. The number of rotatable bonds is 4. The Balaban J connectivity index is 1.15. The molecule has 5 nitrogen and oxygen atoms in total. The van der Waals surface area contributed by atoms with Gasteiger partial charge in [-0.2, -0.15) is 9.97 Å². The lowest BCUT2D eigenvalue weighted by Gasteiger charge is -2.11. The molecule has 0 spiro atoms. The van der Waals surface area contributed by atoms with Gasteiger partial charge >= 0.3 is 0 Å². The van der Waals surface area contributed by atoms with Crippen molar-refractivity contribution in [1.29, 1.82) is 0 Å². The number of hydrogen-bond donors (Lipinski definition) is 0. The summed E-state index contributed by atoms with van der Waals surface area (Å²) in [6.45, 7) is 0. The zero-order valence-corrected chi connectivity index (χ0v) is 28.0. The predicted molar refractivity (Wildman–Crippen MR) is 212 cm³/mol. The Morgan fingerprint density at radius 3 is 1.47 bits per heavy atom. The Morgan fingerprint density at radius 2 is 0.863 bits per heavy atom. The van der Waals surface area contributed by atoms with Gasteiger partial charge in [-0.1, -0.05) is 121 Å². The second-order valence-corrected chi connectivity index (χ2v) is 14.0. The molecule has 4 aromatic heterocycles. The van der Waals surface area contributed by atoms with Gasteiger partial charge in [0.1, 0.15) is 0 Å². The second-order valence-electron chi connectivity index (χ2n) is 12.9. The van der Waals surface area contributed by atoms with Crippen molar-refractivity contribution in [2.75, 3.05) is 0 Å². The minimum atomic E-state index is 0.600. The summed E-state index contributed by atoms with van der Waals surface area (Å²) in [5, 5.41) is 7.39. The Labute approximate surface area is 296 Å². The molecule has 0 radical (unpaired) electrons. The van der Waals surface area contributed by atoms with E-state index in [0.29, 0.717) is 17.6 Å². The molecule has 11 rings (SSSR count). The van der Waals surface area contributed by atoms with Crippen LogP contribution in [0.25, 0.3) is 98.2 Å². The third-order valence-electron chi connectivity index (χ3n) is 9.98. The summed E-state index contributed by atoms with van der Waals surface area (Å²) in [7, 11) is 0. The van der Waals surface area contributed by atoms with Crippen LogP contribution in [-0.4, -0.2) is 24.1 Å². The molecule has 0 unspecified atom stereocenters. The molecular formula is C45H27N5S. The lowest BCUT2D eigenvalue weighted by atomic mass is 10.1. The van der Waals surface area contributed by atoms with Gasteiger partial charge in [0.15, 0.2) is 11.6 Å². The first-order chi connectivity index (χ1) is 25.3. The number of benzene rings is 7. The molecule has 0 aliphatic rings. The van der Waals surface area contributed by atoms with Crippen LogP contribution >= 0.6 is 11.3 Å². The summed E-state index contributed by atoms with van der Waals surface area (Å²) >= 11 is 1.83. The maximum atomic E-state index is 5.13. The van der Waals surface area contributed by atoms with E-state index in [9.17, 15) is 0 Å². The highest BCUT2D eigenvalue weighted by Gasteiger charge is 2.20. The van der Waals surface area contributed by atoms with Gasteiger partial charge in [0.25, 0.3) is 0 Å². The van der Waals surface area contributed by atoms with E-state index in [1.165, 1.54) is 52.8 Å². The molecule has 0 saturated heterocycles. The highest BCUT2D eigenvalue weighted by atomic mass is 32.1. The Bertz CT molecular complexity index is 3030. The maximum Gasteiger partial charge on any atom is 0.238 e. The van der Waals surface area contributed by atoms with E-state index in [2.05, 4.69) is 112 Å². The lowest BCUT2D eigenvalue weighted by Crippen LogP contribution is -2.06. The van der Waals surface area contributed by atoms with Crippen LogP contribution in [0.3, 0.4) is 0 Å². The number of fused-ring (bicyclic) bond motifs is 9. The first-order valence-corrected chi connectivity index (χ1v) is 17.9. The molecule has 6 heteroatoms. The van der Waals surface area contributed by atoms with Crippen molar-refractivity contribution in [2.45, 2.75) is 0 Å². The first-order valence-electron chi connectivity index (χ1n) is 17.0. The fraction of sp³-hybridized carbons (Fsp3) is 0. The van der Waals surface area contributed by atoms with Crippen molar-refractivity contribution in [3.05, 3.63) is 164 Å². The summed E-state index contributed by atoms with van der Waals surface area (Å²) in [6, 6.07) is 57.8. The highest BCUT2D eigenvalue weighted by molar-refractivity contribution is 7.25. The molecule has 0 aliphatic heterocycles. The van der Waals surface area contributed by atoms with Gasteiger partial charge in [-0.05, 0) is 42.5 Å². The fourth-order valence-electron chi connectivity index (χ4n) is 7.68. The SMILES string of the molecule is c1ccc(-c2nc(-c3ccccc3)nc(-n3c4ccccc4c4cc5c(cc43)sc3cc(-n4c6ccccc6c6ccccc64)ccc35)n2)cc1. The fourth-order valence-corrected chi connectivity index (χ4v) is 8.83. The van der Waals surface area contributed by atoms with E-state index >= 15 is 0 Å². The number of thiophene rings is 1. The van der Waals surface area contributed by atoms with Gasteiger partial charge in [-0.15, -0.1) is 11.3 Å². The summed E-state index contributed by atoms with van der Waals surface area (Å²) in [4.78, 5) is 15.2. The standard InChI is InChI=1S/C45H27N5S/c1-3-13-28(14-4-1)43-46-44(29-15-5-2-6-16-29)48-45(47-43)50-39-22-12-9-19-33(39)35-26-36-34-24-23-30(25-41(34)51-42(36)27-40(35)50)49-37-20-10-7-17-31(37)32-18-8-11-21-38(32)49/h1-27H. The molecular weight excluding hydrogens is 643 g/mol. The Kier molecular flexibility index (Phi) is 6.05. The quantitative estimate of drug-likeness (QED) is 0.187. The Morgan fingerprint density at radius 1 is 0.353 bits per heavy atom. The number of nitrogens with zero attached hydrogens (tertiary/aromatic N) is 5. The van der Waals surface area contributed by atoms with Gasteiger partial charge in [0.2, 0.25) is 5.95 Å². The van der Waals surface area contributed by atoms with Crippen molar-refractivity contribution >= 4 is 75.1 Å². The van der Waals surface area contributed by atoms with Crippen molar-refractivity contribution < 1.29 is 0 Å². The molecule has 0 amide bonds. The van der Waals surface area contributed by atoms with Crippen molar-refractivity contribution in [3.8, 4) is 34.4 Å². The summed E-state index contributed by atoms with van der Waals surface area (Å²) in [5.74, 6) is 1.89. The van der Waals surface area contributed by atoms with Crippen molar-refractivity contribution in [2.24, 2.45) is 0 Å². The van der Waals surface area contributed by atoms with Crippen LogP contribution in [0.1, 0.15) is 0 Å². The second kappa shape index (κ2) is 10.9. The first kappa shape index (κ1) is 28.2. The summed E-state index contributed by atoms with van der Waals surface area (Å²) in [6.07, 6.45) is 0. The van der Waals surface area contributed by atoms with Crippen LogP contribution in [0, 0.1) is 0 Å². The van der Waals surface area contributed by atoms with E-state index < -0.39 is 0 Å². The largest absolute Gasteiger partial charge is 0.309 e. The molecule has 51 heavy (non-hydrogen) atoms. The van der Waals surface area contributed by atoms with E-state index in [-0.39, 0.29) is 0 Å². The van der Waals surface area contributed by atoms with Crippen LogP contribution in [0.2, 0.25) is 0 Å². The van der Waals surface area contributed by atoms with Gasteiger partial charge in [-0.3, -0.25) is 4.57 Å². The topological polar surface area (TPSA) is 48.5 Å². The number of hydrogen-bond acceptors (Lipinski definition) is 4. The smallest absolute Gasteiger partial charge is 0.238 e. The molecule has 238 valence electrons. The molecule has 0 saturated carbocycles. The third-order valence-corrected chi connectivity index (χ3v) is 11.1. The van der Waals surface area contributed by atoms with Gasteiger partial charge in [-0.25, -0.2) is 4.98 Å². The van der Waals surface area contributed by atoms with Gasteiger partial charge in [0, 0.05) is 58.5 Å². The van der Waals surface area contributed by atoms with Crippen LogP contribution in [0.5, 0.6) is 0 Å². The monoisotopic (exact) mass is 669 g/mol. The van der Waals surface area contributed by atoms with Crippen molar-refractivity contribution in [3.63, 3.8) is 0 Å². The molecule has 0 N–H and O–H groups in total. The normalized spacial score (nSPS) is 11.9. The van der Waals surface area contributed by atoms with E-state index in [1.54, 1.807) is 0 Å². The molecule has 0 atom stereocenters. The van der Waals surface area contributed by atoms with Gasteiger partial charge < -0.3 is 4.57 Å². The van der Waals surface area contributed by atoms with Crippen LogP contribution in [0.15, 0.2) is 164 Å². The number of aromatic nitrogens is 5. The zero-order chi connectivity index (χ0) is 33.5. The molecule has 0 aliphatic carbocycles.